The molecule has 2 N–H and O–H groups in total. The number of hydrogen-bond donors (Lipinski definition) is 1. The highest BCUT2D eigenvalue weighted by Crippen LogP contribution is 2.16. The molecule has 0 amide bonds. The first kappa shape index (κ1) is 14.5. The van der Waals surface area contributed by atoms with Gasteiger partial charge in [-0.05, 0) is 31.4 Å². The van der Waals surface area contributed by atoms with E-state index >= 15 is 0 Å². The van der Waals surface area contributed by atoms with Gasteiger partial charge >= 0.3 is 0 Å². The normalized spacial score (nSPS) is 12.2. The second-order valence-electron chi connectivity index (χ2n) is 4.93. The SMILES string of the molecule is C=CCCCCCC(N)c1cnn(-c2ccccc2)n1. The summed E-state index contributed by atoms with van der Waals surface area (Å²) in [5, 5.41) is 8.74. The lowest BCUT2D eigenvalue weighted by molar-refractivity contribution is 0.558. The van der Waals surface area contributed by atoms with Gasteiger partial charge in [-0.2, -0.15) is 15.0 Å². The molecule has 0 saturated carbocycles. The average molecular weight is 270 g/mol. The minimum atomic E-state index is -0.0313. The molecule has 1 aromatic carbocycles. The summed E-state index contributed by atoms with van der Waals surface area (Å²) in [7, 11) is 0. The van der Waals surface area contributed by atoms with Crippen LogP contribution in [0.25, 0.3) is 5.69 Å². The van der Waals surface area contributed by atoms with Gasteiger partial charge in [0, 0.05) is 0 Å². The molecule has 0 aliphatic rings. The number of hydrogen-bond acceptors (Lipinski definition) is 3. The van der Waals surface area contributed by atoms with Crippen LogP contribution in [0.4, 0.5) is 0 Å². The van der Waals surface area contributed by atoms with Gasteiger partial charge < -0.3 is 5.73 Å². The molecule has 0 radical (unpaired) electrons. The summed E-state index contributed by atoms with van der Waals surface area (Å²) in [6, 6.07) is 9.84. The van der Waals surface area contributed by atoms with E-state index in [-0.39, 0.29) is 6.04 Å². The first-order chi connectivity index (χ1) is 9.81. The molecular formula is C16H22N4. The zero-order valence-electron chi connectivity index (χ0n) is 11.8. The zero-order valence-corrected chi connectivity index (χ0v) is 11.8. The van der Waals surface area contributed by atoms with Gasteiger partial charge in [-0.15, -0.1) is 6.58 Å². The molecule has 4 nitrogen and oxygen atoms in total. The summed E-state index contributed by atoms with van der Waals surface area (Å²) >= 11 is 0. The number of nitrogens with two attached hydrogens (primary N) is 1. The van der Waals surface area contributed by atoms with Crippen LogP contribution in [-0.4, -0.2) is 15.0 Å². The molecule has 0 saturated heterocycles. The van der Waals surface area contributed by atoms with E-state index in [9.17, 15) is 0 Å². The minimum Gasteiger partial charge on any atom is -0.323 e. The maximum absolute atomic E-state index is 6.17. The van der Waals surface area contributed by atoms with E-state index in [1.165, 1.54) is 12.8 Å². The molecule has 0 fully saturated rings. The molecule has 0 aliphatic carbocycles. The van der Waals surface area contributed by atoms with Crippen molar-refractivity contribution in [2.24, 2.45) is 5.73 Å². The second-order valence-corrected chi connectivity index (χ2v) is 4.93. The quantitative estimate of drug-likeness (QED) is 0.591. The van der Waals surface area contributed by atoms with Crippen molar-refractivity contribution in [1.82, 2.24) is 15.0 Å². The van der Waals surface area contributed by atoms with Crippen molar-refractivity contribution in [3.63, 3.8) is 0 Å². The molecule has 20 heavy (non-hydrogen) atoms. The minimum absolute atomic E-state index is 0.0313. The van der Waals surface area contributed by atoms with Gasteiger partial charge in [-0.1, -0.05) is 37.1 Å². The van der Waals surface area contributed by atoms with Crippen molar-refractivity contribution >= 4 is 0 Å². The smallest absolute Gasteiger partial charge is 0.0998 e. The molecule has 2 aromatic rings. The standard InChI is InChI=1S/C16H22N4/c1-2-3-4-5-9-12-15(17)16-13-18-20(19-16)14-10-7-6-8-11-14/h2,6-8,10-11,13,15H,1,3-5,9,12,17H2. The van der Waals surface area contributed by atoms with Crippen molar-refractivity contribution in [3.8, 4) is 5.69 Å². The summed E-state index contributed by atoms with van der Waals surface area (Å²) in [6.07, 6.45) is 9.25. The van der Waals surface area contributed by atoms with Crippen LogP contribution in [0.2, 0.25) is 0 Å². The average Bonchev–Trinajstić information content (AvgIpc) is 2.98. The Labute approximate surface area is 120 Å². The van der Waals surface area contributed by atoms with Crippen molar-refractivity contribution in [2.75, 3.05) is 0 Å². The summed E-state index contributed by atoms with van der Waals surface area (Å²) in [5.41, 5.74) is 7.98. The number of para-hydroxylation sites is 1. The van der Waals surface area contributed by atoms with Gasteiger partial charge in [0.2, 0.25) is 0 Å². The molecule has 1 atom stereocenters. The Balaban J connectivity index is 1.87. The fourth-order valence-corrected chi connectivity index (χ4v) is 2.11. The number of rotatable bonds is 8. The topological polar surface area (TPSA) is 56.7 Å². The lowest BCUT2D eigenvalue weighted by Gasteiger charge is -2.07. The molecule has 1 unspecified atom stereocenters. The maximum Gasteiger partial charge on any atom is 0.0998 e. The van der Waals surface area contributed by atoms with E-state index in [2.05, 4.69) is 16.8 Å². The van der Waals surface area contributed by atoms with Crippen LogP contribution in [-0.2, 0) is 0 Å². The Hall–Kier alpha value is -1.94. The van der Waals surface area contributed by atoms with Crippen molar-refractivity contribution < 1.29 is 0 Å². The molecule has 1 heterocycles. The van der Waals surface area contributed by atoms with Gasteiger partial charge in [-0.3, -0.25) is 0 Å². The lowest BCUT2D eigenvalue weighted by Crippen LogP contribution is -2.11. The highest BCUT2D eigenvalue weighted by molar-refractivity contribution is 5.28. The van der Waals surface area contributed by atoms with Crippen LogP contribution in [0, 0.1) is 0 Å². The van der Waals surface area contributed by atoms with E-state index in [4.69, 9.17) is 5.73 Å². The zero-order chi connectivity index (χ0) is 14.2. The number of allylic oxidation sites excluding steroid dienone is 1. The van der Waals surface area contributed by atoms with Gasteiger partial charge in [0.25, 0.3) is 0 Å². The summed E-state index contributed by atoms with van der Waals surface area (Å²) in [4.78, 5) is 1.63. The van der Waals surface area contributed by atoms with Gasteiger partial charge in [0.05, 0.1) is 23.6 Å². The molecular weight excluding hydrogens is 248 g/mol. The van der Waals surface area contributed by atoms with E-state index in [0.717, 1.165) is 30.6 Å². The molecule has 0 spiro atoms. The van der Waals surface area contributed by atoms with Crippen LogP contribution in [0.1, 0.15) is 43.8 Å². The van der Waals surface area contributed by atoms with Crippen LogP contribution in [0.15, 0.2) is 49.2 Å². The van der Waals surface area contributed by atoms with E-state index < -0.39 is 0 Å². The molecule has 1 aromatic heterocycles. The van der Waals surface area contributed by atoms with Crippen LogP contribution in [0.5, 0.6) is 0 Å². The Bertz CT molecular complexity index is 518. The Kier molecular flexibility index (Phi) is 5.50. The molecule has 106 valence electrons. The van der Waals surface area contributed by atoms with Crippen LogP contribution in [0.3, 0.4) is 0 Å². The number of aromatic nitrogens is 3. The van der Waals surface area contributed by atoms with Crippen molar-refractivity contribution in [2.45, 2.75) is 38.1 Å². The van der Waals surface area contributed by atoms with Gasteiger partial charge in [-0.25, -0.2) is 0 Å². The van der Waals surface area contributed by atoms with Crippen LogP contribution < -0.4 is 5.73 Å². The van der Waals surface area contributed by atoms with Gasteiger partial charge in [0.1, 0.15) is 0 Å². The lowest BCUT2D eigenvalue weighted by atomic mass is 10.1. The fourth-order valence-electron chi connectivity index (χ4n) is 2.11. The summed E-state index contributed by atoms with van der Waals surface area (Å²) < 4.78 is 0. The van der Waals surface area contributed by atoms with E-state index in [0.29, 0.717) is 0 Å². The van der Waals surface area contributed by atoms with Crippen molar-refractivity contribution in [3.05, 3.63) is 54.9 Å². The second kappa shape index (κ2) is 7.60. The Morgan fingerprint density at radius 1 is 1.20 bits per heavy atom. The summed E-state index contributed by atoms with van der Waals surface area (Å²) in [6.45, 7) is 3.73. The van der Waals surface area contributed by atoms with Crippen LogP contribution >= 0.6 is 0 Å². The number of nitrogens with zero attached hydrogens (tertiary/aromatic N) is 3. The number of benzene rings is 1. The highest BCUT2D eigenvalue weighted by Gasteiger charge is 2.10. The molecule has 4 heteroatoms. The third kappa shape index (κ3) is 4.03. The maximum atomic E-state index is 6.17. The molecule has 0 aliphatic heterocycles. The Morgan fingerprint density at radius 3 is 2.75 bits per heavy atom. The predicted octanol–water partition coefficient (Wildman–Crippen LogP) is 3.40. The number of unbranched alkanes of at least 4 members (excludes halogenated alkanes) is 3. The third-order valence-corrected chi connectivity index (χ3v) is 3.30. The first-order valence-corrected chi connectivity index (χ1v) is 7.15. The molecule has 0 bridgehead atoms. The first-order valence-electron chi connectivity index (χ1n) is 7.15. The molecule has 2 rings (SSSR count). The van der Waals surface area contributed by atoms with Gasteiger partial charge in [0.15, 0.2) is 0 Å². The van der Waals surface area contributed by atoms with Crippen molar-refractivity contribution in [1.29, 1.82) is 0 Å². The summed E-state index contributed by atoms with van der Waals surface area (Å²) in [5.74, 6) is 0. The highest BCUT2D eigenvalue weighted by atomic mass is 15.5. The largest absolute Gasteiger partial charge is 0.323 e. The predicted molar refractivity (Wildman–Crippen MR) is 81.6 cm³/mol. The van der Waals surface area contributed by atoms with E-state index in [1.807, 2.05) is 36.4 Å². The Morgan fingerprint density at radius 2 is 2.00 bits per heavy atom. The monoisotopic (exact) mass is 270 g/mol. The van der Waals surface area contributed by atoms with E-state index in [1.54, 1.807) is 11.0 Å². The fraction of sp³-hybridized carbons (Fsp3) is 0.375. The third-order valence-electron chi connectivity index (χ3n) is 3.30.